The third-order valence-corrected chi connectivity index (χ3v) is 4.04. The van der Waals surface area contributed by atoms with Gasteiger partial charge in [-0.3, -0.25) is 4.84 Å². The van der Waals surface area contributed by atoms with E-state index in [1.165, 1.54) is 14.2 Å². The van der Waals surface area contributed by atoms with Crippen LogP contribution in [0, 0.1) is 0 Å². The van der Waals surface area contributed by atoms with Crippen molar-refractivity contribution in [1.82, 2.24) is 5.06 Å². The van der Waals surface area contributed by atoms with Crippen LogP contribution in [0.3, 0.4) is 0 Å². The Morgan fingerprint density at radius 1 is 1.17 bits per heavy atom. The number of hydroxylamine groups is 2. The summed E-state index contributed by atoms with van der Waals surface area (Å²) < 4.78 is 5.72. The maximum Gasteiger partial charge on any atom is 0.345 e. The Balaban J connectivity index is 1.94. The van der Waals surface area contributed by atoms with Gasteiger partial charge in [-0.25, -0.2) is 9.86 Å². The van der Waals surface area contributed by atoms with Gasteiger partial charge in [0.2, 0.25) is 0 Å². The van der Waals surface area contributed by atoms with Crippen LogP contribution in [0.5, 0.6) is 5.75 Å². The molecule has 0 radical (unpaired) electrons. The molecule has 0 saturated carbocycles. The molecule has 2 amide bonds. The molecule has 7 heteroatoms. The van der Waals surface area contributed by atoms with Crippen molar-refractivity contribution in [2.45, 2.75) is 6.42 Å². The van der Waals surface area contributed by atoms with Crippen LogP contribution in [0.4, 0.5) is 10.5 Å². The van der Waals surface area contributed by atoms with Gasteiger partial charge >= 0.3 is 6.03 Å². The normalized spacial score (nSPS) is 10.3. The minimum atomic E-state index is -0.377. The molecule has 128 valence electrons. The molecule has 0 spiro atoms. The van der Waals surface area contributed by atoms with Gasteiger partial charge in [0.05, 0.1) is 13.7 Å². The predicted molar refractivity (Wildman–Crippen MR) is 95.9 cm³/mol. The van der Waals surface area contributed by atoms with Crippen LogP contribution in [-0.2, 0) is 11.3 Å². The zero-order valence-corrected chi connectivity index (χ0v) is 14.9. The molecule has 2 aromatic carbocycles. The van der Waals surface area contributed by atoms with E-state index in [4.69, 9.17) is 32.8 Å². The van der Waals surface area contributed by atoms with Gasteiger partial charge in [-0.1, -0.05) is 35.3 Å². The standard InChI is InChI=1S/C17H18Cl2N2O3/c1-21(23-2)17(22)20-12-5-3-6-13(11-12)24-10-9-14-15(18)7-4-8-16(14)19/h3-8,11H,9-10H2,1-2H3,(H,20,22). The third-order valence-electron chi connectivity index (χ3n) is 3.33. The van der Waals surface area contributed by atoms with Crippen LogP contribution >= 0.6 is 23.2 Å². The second-order valence-electron chi connectivity index (χ2n) is 4.94. The summed E-state index contributed by atoms with van der Waals surface area (Å²) in [5.74, 6) is 0.635. The number of hydrogen-bond donors (Lipinski definition) is 1. The van der Waals surface area contributed by atoms with Crippen LogP contribution in [0.1, 0.15) is 5.56 Å². The molecule has 0 aliphatic heterocycles. The Bertz CT molecular complexity index is 690. The molecular weight excluding hydrogens is 351 g/mol. The molecule has 0 fully saturated rings. The minimum Gasteiger partial charge on any atom is -0.493 e. The summed E-state index contributed by atoms with van der Waals surface area (Å²) in [6.45, 7) is 0.416. The van der Waals surface area contributed by atoms with Crippen LogP contribution in [0.15, 0.2) is 42.5 Å². The van der Waals surface area contributed by atoms with E-state index in [2.05, 4.69) is 5.32 Å². The van der Waals surface area contributed by atoms with Crippen molar-refractivity contribution >= 4 is 34.9 Å². The first-order valence-electron chi connectivity index (χ1n) is 7.26. The van der Waals surface area contributed by atoms with E-state index in [1.807, 2.05) is 6.07 Å². The maximum atomic E-state index is 11.7. The molecule has 0 saturated heterocycles. The lowest BCUT2D eigenvalue weighted by Gasteiger charge is -2.15. The summed E-state index contributed by atoms with van der Waals surface area (Å²) in [6.07, 6.45) is 0.585. The first kappa shape index (κ1) is 18.4. The number of benzene rings is 2. The Labute approximate surface area is 151 Å². The summed E-state index contributed by atoms with van der Waals surface area (Å²) >= 11 is 12.3. The lowest BCUT2D eigenvalue weighted by molar-refractivity contribution is -0.0598. The molecule has 5 nitrogen and oxygen atoms in total. The third kappa shape index (κ3) is 5.03. The average molecular weight is 369 g/mol. The summed E-state index contributed by atoms with van der Waals surface area (Å²) in [5, 5.41) is 5.03. The highest BCUT2D eigenvalue weighted by Gasteiger charge is 2.09. The molecule has 1 N–H and O–H groups in total. The highest BCUT2D eigenvalue weighted by atomic mass is 35.5. The molecule has 0 bridgehead atoms. The number of carbonyl (C=O) groups is 1. The molecule has 24 heavy (non-hydrogen) atoms. The van der Waals surface area contributed by atoms with Gasteiger partial charge in [0.15, 0.2) is 0 Å². The predicted octanol–water partition coefficient (Wildman–Crippen LogP) is 4.64. The van der Waals surface area contributed by atoms with Crippen molar-refractivity contribution in [1.29, 1.82) is 0 Å². The molecule has 0 aliphatic carbocycles. The quantitative estimate of drug-likeness (QED) is 0.755. The first-order chi connectivity index (χ1) is 11.5. The van der Waals surface area contributed by atoms with E-state index in [0.29, 0.717) is 34.5 Å². The lowest BCUT2D eigenvalue weighted by atomic mass is 10.1. The van der Waals surface area contributed by atoms with Gasteiger partial charge in [-0.15, -0.1) is 0 Å². The van der Waals surface area contributed by atoms with Crippen LogP contribution < -0.4 is 10.1 Å². The molecule has 0 aromatic heterocycles. The molecular formula is C17H18Cl2N2O3. The number of halogens is 2. The largest absolute Gasteiger partial charge is 0.493 e. The minimum absolute atomic E-state index is 0.377. The van der Waals surface area contributed by atoms with Crippen molar-refractivity contribution in [2.75, 3.05) is 26.1 Å². The zero-order chi connectivity index (χ0) is 17.5. The van der Waals surface area contributed by atoms with Crippen LogP contribution in [0.25, 0.3) is 0 Å². The monoisotopic (exact) mass is 368 g/mol. The number of urea groups is 1. The number of carbonyl (C=O) groups excluding carboxylic acids is 1. The van der Waals surface area contributed by atoms with Crippen LogP contribution in [-0.4, -0.2) is 31.9 Å². The van der Waals surface area contributed by atoms with Crippen LogP contribution in [0.2, 0.25) is 10.0 Å². The van der Waals surface area contributed by atoms with Gasteiger partial charge in [-0.2, -0.15) is 0 Å². The fraction of sp³-hybridized carbons (Fsp3) is 0.235. The molecule has 0 heterocycles. The zero-order valence-electron chi connectivity index (χ0n) is 13.4. The number of anilines is 1. The number of rotatable bonds is 6. The number of ether oxygens (including phenoxy) is 1. The van der Waals surface area contributed by atoms with Gasteiger partial charge in [0, 0.05) is 35.3 Å². The van der Waals surface area contributed by atoms with E-state index in [1.54, 1.807) is 36.4 Å². The second-order valence-corrected chi connectivity index (χ2v) is 5.75. The van der Waals surface area contributed by atoms with E-state index >= 15 is 0 Å². The number of nitrogens with one attached hydrogen (secondary N) is 1. The van der Waals surface area contributed by atoms with Gasteiger partial charge in [0.25, 0.3) is 0 Å². The molecule has 0 atom stereocenters. The summed E-state index contributed by atoms with van der Waals surface area (Å²) in [7, 11) is 2.93. The summed E-state index contributed by atoms with van der Waals surface area (Å²) in [5.41, 5.74) is 1.46. The van der Waals surface area contributed by atoms with E-state index in [9.17, 15) is 4.79 Å². The molecule has 2 rings (SSSR count). The summed E-state index contributed by atoms with van der Waals surface area (Å²) in [4.78, 5) is 16.6. The van der Waals surface area contributed by atoms with Gasteiger partial charge in [0.1, 0.15) is 5.75 Å². The SMILES string of the molecule is CON(C)C(=O)Nc1cccc(OCCc2c(Cl)cccc2Cl)c1. The Morgan fingerprint density at radius 3 is 2.50 bits per heavy atom. The number of amides is 2. The highest BCUT2D eigenvalue weighted by Crippen LogP contribution is 2.25. The fourth-order valence-electron chi connectivity index (χ4n) is 1.99. The van der Waals surface area contributed by atoms with E-state index in [-0.39, 0.29) is 6.03 Å². The Kier molecular flexibility index (Phi) is 6.73. The maximum absolute atomic E-state index is 11.7. The molecule has 0 unspecified atom stereocenters. The van der Waals surface area contributed by atoms with E-state index < -0.39 is 0 Å². The number of nitrogens with zero attached hydrogens (tertiary/aromatic N) is 1. The van der Waals surface area contributed by atoms with Crippen molar-refractivity contribution in [3.05, 3.63) is 58.1 Å². The van der Waals surface area contributed by atoms with Crippen molar-refractivity contribution in [3.8, 4) is 5.75 Å². The molecule has 2 aromatic rings. The van der Waals surface area contributed by atoms with Gasteiger partial charge in [-0.05, 0) is 29.8 Å². The molecule has 0 aliphatic rings. The van der Waals surface area contributed by atoms with Crippen molar-refractivity contribution in [3.63, 3.8) is 0 Å². The van der Waals surface area contributed by atoms with Gasteiger partial charge < -0.3 is 10.1 Å². The first-order valence-corrected chi connectivity index (χ1v) is 8.01. The lowest BCUT2D eigenvalue weighted by Crippen LogP contribution is -2.30. The smallest absolute Gasteiger partial charge is 0.345 e. The average Bonchev–Trinajstić information content (AvgIpc) is 2.57. The van der Waals surface area contributed by atoms with Crippen molar-refractivity contribution < 1.29 is 14.4 Å². The second kappa shape index (κ2) is 8.78. The highest BCUT2D eigenvalue weighted by molar-refractivity contribution is 6.35. The summed E-state index contributed by atoms with van der Waals surface area (Å²) in [6, 6.07) is 12.1. The topological polar surface area (TPSA) is 50.8 Å². The van der Waals surface area contributed by atoms with E-state index in [0.717, 1.165) is 10.6 Å². The van der Waals surface area contributed by atoms with Crippen molar-refractivity contribution in [2.24, 2.45) is 0 Å². The Morgan fingerprint density at radius 2 is 1.83 bits per heavy atom. The Hall–Kier alpha value is -1.95. The number of hydrogen-bond acceptors (Lipinski definition) is 3. The fourth-order valence-corrected chi connectivity index (χ4v) is 2.58.